The van der Waals surface area contributed by atoms with Gasteiger partial charge in [0, 0.05) is 44.2 Å². The summed E-state index contributed by atoms with van der Waals surface area (Å²) >= 11 is 7.63. The van der Waals surface area contributed by atoms with Crippen molar-refractivity contribution in [3.63, 3.8) is 0 Å². The maximum absolute atomic E-state index is 12.6. The van der Waals surface area contributed by atoms with Crippen molar-refractivity contribution in [3.8, 4) is 16.5 Å². The lowest BCUT2D eigenvalue weighted by molar-refractivity contribution is -0.132. The summed E-state index contributed by atoms with van der Waals surface area (Å²) in [6, 6.07) is 9.31. The largest absolute Gasteiger partial charge is 0.495 e. The second kappa shape index (κ2) is 10.1. The van der Waals surface area contributed by atoms with Crippen LogP contribution in [-0.4, -0.2) is 65.7 Å². The zero-order chi connectivity index (χ0) is 21.6. The van der Waals surface area contributed by atoms with E-state index in [4.69, 9.17) is 20.9 Å². The Balaban J connectivity index is 1.21. The average molecular weight is 462 g/mol. The van der Waals surface area contributed by atoms with Gasteiger partial charge in [-0.05, 0) is 29.6 Å². The Hall–Kier alpha value is -2.62. The number of halogens is 1. The van der Waals surface area contributed by atoms with Crippen molar-refractivity contribution in [1.29, 1.82) is 0 Å². The van der Waals surface area contributed by atoms with Gasteiger partial charge in [0.1, 0.15) is 5.75 Å². The fourth-order valence-electron chi connectivity index (χ4n) is 3.45. The molecular formula is C21H24ClN5O3S. The van der Waals surface area contributed by atoms with Gasteiger partial charge in [-0.1, -0.05) is 22.8 Å². The van der Waals surface area contributed by atoms with Gasteiger partial charge in [0.05, 0.1) is 24.2 Å². The number of carbonyl (C=O) groups excluding carboxylic acids is 1. The van der Waals surface area contributed by atoms with Gasteiger partial charge >= 0.3 is 0 Å². The molecule has 2 aromatic heterocycles. The smallest absolute Gasteiger partial charge is 0.241 e. The summed E-state index contributed by atoms with van der Waals surface area (Å²) < 4.78 is 10.7. The van der Waals surface area contributed by atoms with Crippen LogP contribution in [0.2, 0.25) is 5.02 Å². The monoisotopic (exact) mass is 461 g/mol. The van der Waals surface area contributed by atoms with Gasteiger partial charge in [-0.25, -0.2) is 0 Å². The number of methoxy groups -OCH3 is 1. The standard InChI is InChI=1S/C21H24ClN5O3S/c1-29-17-5-4-15(22)13-16(17)23-7-6-20(28)27-10-8-26(9-11-27)14-19-24-21(25-30-19)18-3-2-12-31-18/h2-5,12-13,23H,6-11,14H2,1H3. The molecule has 1 N–H and O–H groups in total. The van der Waals surface area contributed by atoms with Crippen LogP contribution in [0.25, 0.3) is 10.7 Å². The van der Waals surface area contributed by atoms with Gasteiger partial charge in [0.2, 0.25) is 17.6 Å². The summed E-state index contributed by atoms with van der Waals surface area (Å²) in [6.45, 7) is 4.03. The second-order valence-corrected chi connectivity index (χ2v) is 8.55. The lowest BCUT2D eigenvalue weighted by Crippen LogP contribution is -2.48. The molecule has 31 heavy (non-hydrogen) atoms. The van der Waals surface area contributed by atoms with Crippen LogP contribution in [0.3, 0.4) is 0 Å². The third-order valence-corrected chi connectivity index (χ3v) is 6.21. The normalized spacial score (nSPS) is 14.6. The van der Waals surface area contributed by atoms with E-state index in [0.29, 0.717) is 55.1 Å². The van der Waals surface area contributed by atoms with Crippen molar-refractivity contribution in [2.24, 2.45) is 0 Å². The molecule has 0 atom stereocenters. The van der Waals surface area contributed by atoms with Gasteiger partial charge in [0.15, 0.2) is 0 Å². The molecule has 3 heterocycles. The first-order chi connectivity index (χ1) is 15.1. The zero-order valence-electron chi connectivity index (χ0n) is 17.2. The maximum atomic E-state index is 12.6. The molecule has 1 amide bonds. The molecular weight excluding hydrogens is 438 g/mol. The highest BCUT2D eigenvalue weighted by atomic mass is 35.5. The molecule has 0 aliphatic carbocycles. The highest BCUT2D eigenvalue weighted by molar-refractivity contribution is 7.13. The summed E-state index contributed by atoms with van der Waals surface area (Å²) in [6.07, 6.45) is 0.406. The van der Waals surface area contributed by atoms with Gasteiger partial charge in [-0.3, -0.25) is 9.69 Å². The van der Waals surface area contributed by atoms with Crippen LogP contribution in [0.5, 0.6) is 5.75 Å². The number of amides is 1. The Kier molecular flexibility index (Phi) is 7.06. The molecule has 1 aliphatic rings. The molecule has 0 radical (unpaired) electrons. The van der Waals surface area contributed by atoms with E-state index < -0.39 is 0 Å². The number of nitrogens with one attached hydrogen (secondary N) is 1. The molecule has 1 fully saturated rings. The van der Waals surface area contributed by atoms with E-state index >= 15 is 0 Å². The van der Waals surface area contributed by atoms with Crippen LogP contribution < -0.4 is 10.1 Å². The van der Waals surface area contributed by atoms with E-state index in [9.17, 15) is 4.79 Å². The summed E-state index contributed by atoms with van der Waals surface area (Å²) in [5.41, 5.74) is 0.786. The number of hydrogen-bond donors (Lipinski definition) is 1. The summed E-state index contributed by atoms with van der Waals surface area (Å²) in [5, 5.41) is 9.90. The van der Waals surface area contributed by atoms with E-state index in [-0.39, 0.29) is 5.91 Å². The van der Waals surface area contributed by atoms with E-state index in [2.05, 4.69) is 20.4 Å². The fourth-order valence-corrected chi connectivity index (χ4v) is 4.27. The molecule has 0 spiro atoms. The second-order valence-electron chi connectivity index (χ2n) is 7.17. The number of benzene rings is 1. The van der Waals surface area contributed by atoms with Crippen LogP contribution >= 0.6 is 22.9 Å². The molecule has 10 heteroatoms. The lowest BCUT2D eigenvalue weighted by atomic mass is 10.2. The van der Waals surface area contributed by atoms with Crippen molar-refractivity contribution < 1.29 is 14.1 Å². The number of aromatic nitrogens is 2. The minimum absolute atomic E-state index is 0.130. The summed E-state index contributed by atoms with van der Waals surface area (Å²) in [4.78, 5) is 22.2. The Morgan fingerprint density at radius 1 is 1.29 bits per heavy atom. The van der Waals surface area contributed by atoms with Crippen LogP contribution in [-0.2, 0) is 11.3 Å². The van der Waals surface area contributed by atoms with Crippen LogP contribution in [0.15, 0.2) is 40.2 Å². The minimum Gasteiger partial charge on any atom is -0.495 e. The minimum atomic E-state index is 0.130. The third kappa shape index (κ3) is 5.55. The SMILES string of the molecule is COc1ccc(Cl)cc1NCCC(=O)N1CCN(Cc2nc(-c3cccs3)no2)CC1. The van der Waals surface area contributed by atoms with Gasteiger partial charge < -0.3 is 19.5 Å². The maximum Gasteiger partial charge on any atom is 0.241 e. The number of anilines is 1. The quantitative estimate of drug-likeness (QED) is 0.548. The topological polar surface area (TPSA) is 83.7 Å². The summed E-state index contributed by atoms with van der Waals surface area (Å²) in [5.74, 6) is 2.06. The predicted molar refractivity (Wildman–Crippen MR) is 121 cm³/mol. The fraction of sp³-hybridized carbons (Fsp3) is 0.381. The number of rotatable bonds is 8. The number of thiophene rings is 1. The molecule has 1 aliphatic heterocycles. The van der Waals surface area contributed by atoms with Crippen LogP contribution in [0, 0.1) is 0 Å². The van der Waals surface area contributed by atoms with Crippen molar-refractivity contribution in [3.05, 3.63) is 46.6 Å². The van der Waals surface area contributed by atoms with Crippen molar-refractivity contribution >= 4 is 34.5 Å². The van der Waals surface area contributed by atoms with Gasteiger partial charge in [0.25, 0.3) is 0 Å². The van der Waals surface area contributed by atoms with Crippen LogP contribution in [0.4, 0.5) is 5.69 Å². The molecule has 164 valence electrons. The number of piperazine rings is 1. The Morgan fingerprint density at radius 3 is 2.87 bits per heavy atom. The van der Waals surface area contributed by atoms with Gasteiger partial charge in [-0.15, -0.1) is 11.3 Å². The van der Waals surface area contributed by atoms with Gasteiger partial charge in [-0.2, -0.15) is 4.98 Å². The molecule has 1 saturated heterocycles. The number of carbonyl (C=O) groups is 1. The molecule has 0 saturated carbocycles. The Morgan fingerprint density at radius 2 is 2.13 bits per heavy atom. The highest BCUT2D eigenvalue weighted by Gasteiger charge is 2.22. The summed E-state index contributed by atoms with van der Waals surface area (Å²) in [7, 11) is 1.61. The number of nitrogens with zero attached hydrogens (tertiary/aromatic N) is 4. The molecule has 4 rings (SSSR count). The van der Waals surface area contributed by atoms with Crippen molar-refractivity contribution in [2.45, 2.75) is 13.0 Å². The molecule has 8 nitrogen and oxygen atoms in total. The van der Waals surface area contributed by atoms with Crippen LogP contribution in [0.1, 0.15) is 12.3 Å². The molecule has 0 unspecified atom stereocenters. The predicted octanol–water partition coefficient (Wildman–Crippen LogP) is 3.61. The van der Waals surface area contributed by atoms with E-state index in [1.54, 1.807) is 36.6 Å². The molecule has 1 aromatic carbocycles. The van der Waals surface area contributed by atoms with E-state index in [1.807, 2.05) is 22.4 Å². The molecule has 3 aromatic rings. The first kappa shape index (κ1) is 21.6. The first-order valence-corrected chi connectivity index (χ1v) is 11.3. The number of hydrogen-bond acceptors (Lipinski definition) is 8. The van der Waals surface area contributed by atoms with Crippen molar-refractivity contribution in [1.82, 2.24) is 19.9 Å². The third-order valence-electron chi connectivity index (χ3n) is 5.11. The average Bonchev–Trinajstić information content (AvgIpc) is 3.46. The first-order valence-electron chi connectivity index (χ1n) is 10.1. The van der Waals surface area contributed by atoms with E-state index in [1.165, 1.54) is 0 Å². The Labute approximate surface area is 189 Å². The molecule has 0 bridgehead atoms. The van der Waals surface area contributed by atoms with E-state index in [0.717, 1.165) is 23.7 Å². The highest BCUT2D eigenvalue weighted by Crippen LogP contribution is 2.27. The number of ether oxygens (including phenoxy) is 1. The zero-order valence-corrected chi connectivity index (χ0v) is 18.8. The van der Waals surface area contributed by atoms with Crippen molar-refractivity contribution in [2.75, 3.05) is 45.2 Å². The lowest BCUT2D eigenvalue weighted by Gasteiger charge is -2.34. The Bertz CT molecular complexity index is 1000.